The van der Waals surface area contributed by atoms with Crippen LogP contribution in [0.3, 0.4) is 0 Å². The Bertz CT molecular complexity index is 406. The molecule has 0 amide bonds. The van der Waals surface area contributed by atoms with Crippen LogP contribution in [0, 0.1) is 0 Å². The molecule has 4 atom stereocenters. The lowest BCUT2D eigenvalue weighted by Crippen LogP contribution is -2.49. The van der Waals surface area contributed by atoms with Crippen molar-refractivity contribution in [2.45, 2.75) is 43.7 Å². The van der Waals surface area contributed by atoms with E-state index >= 15 is 0 Å². The SMILES string of the molecule is CO[C@]12C(=C(I)I)OC[C@H]1O[C@@H]1OC(C)(C)O[C@@H]12. The molecular weight excluding hydrogens is 466 g/mol. The van der Waals surface area contributed by atoms with E-state index in [0.717, 1.165) is 7.35 Å². The lowest BCUT2D eigenvalue weighted by Gasteiger charge is -2.31. The molecule has 3 heterocycles. The zero-order valence-corrected chi connectivity index (χ0v) is 14.6. The zero-order valence-electron chi connectivity index (χ0n) is 10.2. The highest BCUT2D eigenvalue weighted by atomic mass is 127. The summed E-state index contributed by atoms with van der Waals surface area (Å²) in [5, 5.41) is 0. The fourth-order valence-corrected chi connectivity index (χ4v) is 3.97. The van der Waals surface area contributed by atoms with Crippen LogP contribution in [0.5, 0.6) is 0 Å². The number of halogens is 2. The van der Waals surface area contributed by atoms with Gasteiger partial charge in [0.15, 0.2) is 29.5 Å². The fraction of sp³-hybridized carbons (Fsp3) is 0.818. The molecule has 3 rings (SSSR count). The Morgan fingerprint density at radius 1 is 1.33 bits per heavy atom. The largest absolute Gasteiger partial charge is 0.490 e. The van der Waals surface area contributed by atoms with Gasteiger partial charge in [0, 0.05) is 7.11 Å². The van der Waals surface area contributed by atoms with Gasteiger partial charge >= 0.3 is 0 Å². The minimum atomic E-state index is -0.684. The molecule has 3 aliphatic heterocycles. The Labute approximate surface area is 133 Å². The number of methoxy groups -OCH3 is 1. The van der Waals surface area contributed by atoms with Crippen molar-refractivity contribution in [3.05, 3.63) is 7.35 Å². The summed E-state index contributed by atoms with van der Waals surface area (Å²) >= 11 is 4.45. The molecule has 0 aliphatic carbocycles. The highest BCUT2D eigenvalue weighted by Crippen LogP contribution is 2.53. The average Bonchev–Trinajstić information content (AvgIpc) is 2.83. The number of hydrogen-bond acceptors (Lipinski definition) is 5. The van der Waals surface area contributed by atoms with Gasteiger partial charge in [-0.1, -0.05) is 0 Å². The molecule has 0 spiro atoms. The predicted molar refractivity (Wildman–Crippen MR) is 79.5 cm³/mol. The van der Waals surface area contributed by atoms with E-state index in [-0.39, 0.29) is 12.2 Å². The minimum absolute atomic E-state index is 0.178. The van der Waals surface area contributed by atoms with E-state index in [1.807, 2.05) is 13.8 Å². The molecule has 0 saturated carbocycles. The monoisotopic (exact) mass is 480 g/mol. The molecule has 0 bridgehead atoms. The Morgan fingerprint density at radius 3 is 2.67 bits per heavy atom. The zero-order chi connectivity index (χ0) is 13.1. The maximum absolute atomic E-state index is 5.97. The van der Waals surface area contributed by atoms with Gasteiger partial charge in [-0.2, -0.15) is 0 Å². The van der Waals surface area contributed by atoms with Crippen molar-refractivity contribution in [1.82, 2.24) is 0 Å². The topological polar surface area (TPSA) is 46.2 Å². The van der Waals surface area contributed by atoms with Crippen molar-refractivity contribution < 1.29 is 23.7 Å². The molecule has 18 heavy (non-hydrogen) atoms. The summed E-state index contributed by atoms with van der Waals surface area (Å²) in [5.74, 6) is 0.140. The van der Waals surface area contributed by atoms with Crippen molar-refractivity contribution >= 4 is 45.2 Å². The second-order valence-electron chi connectivity index (χ2n) is 4.95. The van der Waals surface area contributed by atoms with Gasteiger partial charge in [0.2, 0.25) is 0 Å². The molecule has 5 nitrogen and oxygen atoms in total. The molecule has 0 aromatic rings. The Balaban J connectivity index is 2.04. The van der Waals surface area contributed by atoms with Gasteiger partial charge in [-0.25, -0.2) is 0 Å². The van der Waals surface area contributed by atoms with Gasteiger partial charge in [0.25, 0.3) is 0 Å². The molecule has 0 aromatic carbocycles. The first-order valence-electron chi connectivity index (χ1n) is 5.65. The first kappa shape index (κ1) is 13.8. The van der Waals surface area contributed by atoms with E-state index in [4.69, 9.17) is 23.7 Å². The molecule has 3 fully saturated rings. The van der Waals surface area contributed by atoms with E-state index in [1.54, 1.807) is 7.11 Å². The van der Waals surface area contributed by atoms with Crippen molar-refractivity contribution in [2.75, 3.05) is 13.7 Å². The molecule has 0 aromatic heterocycles. The van der Waals surface area contributed by atoms with E-state index in [0.29, 0.717) is 6.61 Å². The summed E-state index contributed by atoms with van der Waals surface area (Å²) in [4.78, 5) is 0. The van der Waals surface area contributed by atoms with Gasteiger partial charge in [-0.15, -0.1) is 0 Å². The number of hydrogen-bond donors (Lipinski definition) is 0. The van der Waals surface area contributed by atoms with Crippen molar-refractivity contribution in [2.24, 2.45) is 0 Å². The van der Waals surface area contributed by atoms with Gasteiger partial charge < -0.3 is 23.7 Å². The summed E-state index contributed by atoms with van der Waals surface area (Å²) in [7, 11) is 1.66. The van der Waals surface area contributed by atoms with Gasteiger partial charge in [-0.05, 0) is 59.0 Å². The Hall–Kier alpha value is 0.840. The van der Waals surface area contributed by atoms with Crippen LogP contribution < -0.4 is 0 Å². The standard InChI is InChI=1S/C11H14I2O5/c1-10(2)17-7-9(18-10)16-5-4-15-6(8(12)13)11(5,7)14-3/h5,7,9H,4H2,1-3H3/t5-,7+,9-,11+/m1/s1. The van der Waals surface area contributed by atoms with Crippen LogP contribution in [-0.2, 0) is 23.7 Å². The fourth-order valence-electron chi connectivity index (χ4n) is 2.82. The third kappa shape index (κ3) is 1.77. The van der Waals surface area contributed by atoms with Crippen LogP contribution in [0.4, 0.5) is 0 Å². The second-order valence-corrected chi connectivity index (χ2v) is 9.17. The van der Waals surface area contributed by atoms with Crippen molar-refractivity contribution in [1.29, 1.82) is 0 Å². The van der Waals surface area contributed by atoms with Crippen LogP contribution in [0.2, 0.25) is 0 Å². The van der Waals surface area contributed by atoms with Crippen molar-refractivity contribution in [3.63, 3.8) is 0 Å². The molecule has 0 unspecified atom stereocenters. The number of fused-ring (bicyclic) bond motifs is 3. The average molecular weight is 480 g/mol. The molecular formula is C11H14I2O5. The van der Waals surface area contributed by atoms with E-state index in [1.165, 1.54) is 0 Å². The van der Waals surface area contributed by atoms with Crippen LogP contribution in [0.25, 0.3) is 0 Å². The van der Waals surface area contributed by atoms with E-state index < -0.39 is 17.7 Å². The summed E-state index contributed by atoms with van der Waals surface area (Å²) in [6.07, 6.45) is -0.862. The van der Waals surface area contributed by atoms with Crippen LogP contribution in [0.1, 0.15) is 13.8 Å². The molecule has 7 heteroatoms. The first-order chi connectivity index (χ1) is 8.40. The molecule has 3 saturated heterocycles. The maximum atomic E-state index is 5.97. The lowest BCUT2D eigenvalue weighted by molar-refractivity contribution is -0.222. The molecule has 3 aliphatic rings. The Kier molecular flexibility index (Phi) is 3.39. The number of rotatable bonds is 1. The summed E-state index contributed by atoms with van der Waals surface area (Å²) in [6.45, 7) is 4.22. The highest BCUT2D eigenvalue weighted by molar-refractivity contribution is 14.2. The first-order valence-corrected chi connectivity index (χ1v) is 7.81. The minimum Gasteiger partial charge on any atom is -0.490 e. The van der Waals surface area contributed by atoms with Gasteiger partial charge in [-0.3, -0.25) is 0 Å². The van der Waals surface area contributed by atoms with E-state index in [2.05, 4.69) is 45.2 Å². The van der Waals surface area contributed by atoms with E-state index in [9.17, 15) is 0 Å². The number of ether oxygens (including phenoxy) is 5. The third-order valence-corrected chi connectivity index (χ3v) is 4.48. The third-order valence-electron chi connectivity index (χ3n) is 3.50. The maximum Gasteiger partial charge on any atom is 0.191 e. The van der Waals surface area contributed by atoms with Gasteiger partial charge in [0.1, 0.15) is 12.7 Å². The van der Waals surface area contributed by atoms with Gasteiger partial charge in [0.05, 0.1) is 1.59 Å². The lowest BCUT2D eigenvalue weighted by atomic mass is 9.93. The summed E-state index contributed by atoms with van der Waals surface area (Å²) in [5.41, 5.74) is -0.684. The van der Waals surface area contributed by atoms with Crippen molar-refractivity contribution in [3.8, 4) is 0 Å². The normalized spacial score (nSPS) is 44.7. The van der Waals surface area contributed by atoms with Crippen LogP contribution >= 0.6 is 45.2 Å². The van der Waals surface area contributed by atoms with Crippen LogP contribution in [0.15, 0.2) is 7.35 Å². The van der Waals surface area contributed by atoms with Crippen LogP contribution in [-0.4, -0.2) is 43.6 Å². The Morgan fingerprint density at radius 2 is 2.06 bits per heavy atom. The smallest absolute Gasteiger partial charge is 0.191 e. The molecule has 102 valence electrons. The predicted octanol–water partition coefficient (Wildman–Crippen LogP) is 2.32. The second kappa shape index (κ2) is 4.42. The highest BCUT2D eigenvalue weighted by Gasteiger charge is 2.70. The summed E-state index contributed by atoms with van der Waals surface area (Å²) < 4.78 is 30.1. The molecule has 0 radical (unpaired) electrons. The quantitative estimate of drug-likeness (QED) is 0.540. The molecule has 0 N–H and O–H groups in total. The summed E-state index contributed by atoms with van der Waals surface area (Å²) in [6, 6.07) is 0.